The number of hydrogen-bond acceptors (Lipinski definition) is 2. The highest BCUT2D eigenvalue weighted by Gasteiger charge is 2.14. The van der Waals surface area contributed by atoms with E-state index < -0.39 is 0 Å². The molecule has 1 aromatic heterocycles. The van der Waals surface area contributed by atoms with Crippen LogP contribution in [0.2, 0.25) is 5.02 Å². The zero-order chi connectivity index (χ0) is 13.7. The molecule has 2 rings (SSSR count). The van der Waals surface area contributed by atoms with Gasteiger partial charge in [-0.05, 0) is 65.9 Å². The Kier molecular flexibility index (Phi) is 5.44. The molecule has 0 bridgehead atoms. The summed E-state index contributed by atoms with van der Waals surface area (Å²) in [7, 11) is 0. The third kappa shape index (κ3) is 4.07. The normalized spacial score (nSPS) is 12.6. The maximum Gasteiger partial charge on any atom is 0.0408 e. The van der Waals surface area contributed by atoms with Gasteiger partial charge in [-0.15, -0.1) is 0 Å². The molecule has 0 spiro atoms. The van der Waals surface area contributed by atoms with Gasteiger partial charge in [0, 0.05) is 11.1 Å². The van der Waals surface area contributed by atoms with Crippen LogP contribution >= 0.6 is 22.9 Å². The molecule has 0 saturated carbocycles. The van der Waals surface area contributed by atoms with E-state index >= 15 is 0 Å². The number of thiophene rings is 1. The van der Waals surface area contributed by atoms with Gasteiger partial charge < -0.3 is 5.32 Å². The molecule has 1 heterocycles. The van der Waals surface area contributed by atoms with Crippen LogP contribution < -0.4 is 5.32 Å². The fourth-order valence-electron chi connectivity index (χ4n) is 2.24. The first-order valence-electron chi connectivity index (χ1n) is 6.71. The summed E-state index contributed by atoms with van der Waals surface area (Å²) in [4.78, 5) is 0. The second-order valence-electron chi connectivity index (χ2n) is 4.85. The van der Waals surface area contributed by atoms with E-state index in [1.54, 1.807) is 11.3 Å². The zero-order valence-electron chi connectivity index (χ0n) is 11.4. The molecule has 1 unspecified atom stereocenters. The molecule has 1 atom stereocenters. The van der Waals surface area contributed by atoms with Gasteiger partial charge in [-0.25, -0.2) is 0 Å². The predicted molar refractivity (Wildman–Crippen MR) is 85.2 cm³/mol. The van der Waals surface area contributed by atoms with E-state index in [1.807, 2.05) is 12.1 Å². The van der Waals surface area contributed by atoms with Crippen LogP contribution in [0, 0.1) is 6.92 Å². The fraction of sp³-hybridized carbons (Fsp3) is 0.375. The maximum atomic E-state index is 6.07. The van der Waals surface area contributed by atoms with Crippen molar-refractivity contribution < 1.29 is 0 Å². The summed E-state index contributed by atoms with van der Waals surface area (Å²) >= 11 is 7.85. The van der Waals surface area contributed by atoms with Crippen molar-refractivity contribution in [1.29, 1.82) is 0 Å². The first-order valence-corrected chi connectivity index (χ1v) is 8.03. The Balaban J connectivity index is 2.16. The van der Waals surface area contributed by atoms with Gasteiger partial charge >= 0.3 is 0 Å². The van der Waals surface area contributed by atoms with Gasteiger partial charge in [-0.3, -0.25) is 0 Å². The molecule has 0 fully saturated rings. The first kappa shape index (κ1) is 14.6. The molecule has 0 aliphatic rings. The molecule has 0 radical (unpaired) electrons. The highest BCUT2D eigenvalue weighted by Crippen LogP contribution is 2.25. The molecule has 0 aliphatic heterocycles. The van der Waals surface area contributed by atoms with Crippen LogP contribution in [-0.4, -0.2) is 6.54 Å². The van der Waals surface area contributed by atoms with Gasteiger partial charge in [0.15, 0.2) is 0 Å². The van der Waals surface area contributed by atoms with Crippen molar-refractivity contribution in [3.05, 3.63) is 56.7 Å². The number of halogens is 1. The Labute approximate surface area is 124 Å². The van der Waals surface area contributed by atoms with E-state index in [0.717, 1.165) is 24.4 Å². The number of nitrogens with one attached hydrogen (secondary N) is 1. The van der Waals surface area contributed by atoms with Crippen LogP contribution in [0.5, 0.6) is 0 Å². The predicted octanol–water partition coefficient (Wildman–Crippen LogP) is 4.99. The Morgan fingerprint density at radius 3 is 2.79 bits per heavy atom. The molecule has 2 aromatic rings. The lowest BCUT2D eigenvalue weighted by atomic mass is 9.98. The SMILES string of the molecule is CCCNC(Cc1cccc(Cl)c1)c1cscc1C. The molecule has 1 N–H and O–H groups in total. The molecular weight excluding hydrogens is 274 g/mol. The Morgan fingerprint density at radius 2 is 2.16 bits per heavy atom. The quantitative estimate of drug-likeness (QED) is 0.791. The number of hydrogen-bond donors (Lipinski definition) is 1. The van der Waals surface area contributed by atoms with E-state index in [0.29, 0.717) is 6.04 Å². The van der Waals surface area contributed by atoms with Gasteiger partial charge in [0.05, 0.1) is 0 Å². The zero-order valence-corrected chi connectivity index (χ0v) is 13.0. The van der Waals surface area contributed by atoms with Gasteiger partial charge in [-0.1, -0.05) is 30.7 Å². The lowest BCUT2D eigenvalue weighted by Gasteiger charge is -2.19. The average Bonchev–Trinajstić information content (AvgIpc) is 2.81. The van der Waals surface area contributed by atoms with Crippen LogP contribution in [-0.2, 0) is 6.42 Å². The summed E-state index contributed by atoms with van der Waals surface area (Å²) in [5, 5.41) is 8.93. The topological polar surface area (TPSA) is 12.0 Å². The standard InChI is InChI=1S/C16H20ClNS/c1-3-7-18-16(15-11-19-10-12(15)2)9-13-5-4-6-14(17)8-13/h4-6,8,10-11,16,18H,3,7,9H2,1-2H3. The van der Waals surface area contributed by atoms with Gasteiger partial charge in [0.2, 0.25) is 0 Å². The molecule has 0 aliphatic carbocycles. The van der Waals surface area contributed by atoms with Crippen LogP contribution in [0.4, 0.5) is 0 Å². The number of benzene rings is 1. The highest BCUT2D eigenvalue weighted by molar-refractivity contribution is 7.08. The summed E-state index contributed by atoms with van der Waals surface area (Å²) in [6.07, 6.45) is 2.13. The van der Waals surface area contributed by atoms with Gasteiger partial charge in [0.25, 0.3) is 0 Å². The lowest BCUT2D eigenvalue weighted by Crippen LogP contribution is -2.24. The average molecular weight is 294 g/mol. The Morgan fingerprint density at radius 1 is 1.32 bits per heavy atom. The molecule has 1 aromatic carbocycles. The van der Waals surface area contributed by atoms with E-state index in [4.69, 9.17) is 11.6 Å². The van der Waals surface area contributed by atoms with Gasteiger partial charge in [0.1, 0.15) is 0 Å². The maximum absolute atomic E-state index is 6.07. The molecule has 0 saturated heterocycles. The van der Waals surface area contributed by atoms with E-state index in [-0.39, 0.29) is 0 Å². The molecule has 3 heteroatoms. The second kappa shape index (κ2) is 7.09. The van der Waals surface area contributed by atoms with Crippen molar-refractivity contribution in [3.8, 4) is 0 Å². The summed E-state index contributed by atoms with van der Waals surface area (Å²) in [6, 6.07) is 8.53. The summed E-state index contributed by atoms with van der Waals surface area (Å²) in [5.41, 5.74) is 4.07. The van der Waals surface area contributed by atoms with Crippen LogP contribution in [0.25, 0.3) is 0 Å². The minimum absolute atomic E-state index is 0.379. The van der Waals surface area contributed by atoms with Crippen molar-refractivity contribution in [2.24, 2.45) is 0 Å². The van der Waals surface area contributed by atoms with Crippen molar-refractivity contribution in [1.82, 2.24) is 5.32 Å². The number of rotatable bonds is 6. The van der Waals surface area contributed by atoms with Crippen molar-refractivity contribution in [2.45, 2.75) is 32.7 Å². The van der Waals surface area contributed by atoms with E-state index in [1.165, 1.54) is 16.7 Å². The Hall–Kier alpha value is -0.830. The summed E-state index contributed by atoms with van der Waals surface area (Å²) < 4.78 is 0. The molecule has 1 nitrogen and oxygen atoms in total. The Bertz CT molecular complexity index is 521. The second-order valence-corrected chi connectivity index (χ2v) is 6.03. The first-order chi connectivity index (χ1) is 9.20. The van der Waals surface area contributed by atoms with Crippen molar-refractivity contribution >= 4 is 22.9 Å². The van der Waals surface area contributed by atoms with E-state index in [2.05, 4.69) is 42.1 Å². The summed E-state index contributed by atoms with van der Waals surface area (Å²) in [6.45, 7) is 5.43. The van der Waals surface area contributed by atoms with Gasteiger partial charge in [-0.2, -0.15) is 11.3 Å². The number of aryl methyl sites for hydroxylation is 1. The van der Waals surface area contributed by atoms with Crippen molar-refractivity contribution in [2.75, 3.05) is 6.54 Å². The molecule has 102 valence electrons. The minimum Gasteiger partial charge on any atom is -0.310 e. The fourth-order valence-corrected chi connectivity index (χ4v) is 3.36. The lowest BCUT2D eigenvalue weighted by molar-refractivity contribution is 0.528. The molecule has 0 amide bonds. The highest BCUT2D eigenvalue weighted by atomic mass is 35.5. The van der Waals surface area contributed by atoms with Crippen LogP contribution in [0.1, 0.15) is 36.1 Å². The molecular formula is C16H20ClNS. The monoisotopic (exact) mass is 293 g/mol. The largest absolute Gasteiger partial charge is 0.310 e. The van der Waals surface area contributed by atoms with Crippen molar-refractivity contribution in [3.63, 3.8) is 0 Å². The third-order valence-corrected chi connectivity index (χ3v) is 4.35. The molecule has 19 heavy (non-hydrogen) atoms. The van der Waals surface area contributed by atoms with E-state index in [9.17, 15) is 0 Å². The van der Waals surface area contributed by atoms with Crippen LogP contribution in [0.3, 0.4) is 0 Å². The van der Waals surface area contributed by atoms with Crippen LogP contribution in [0.15, 0.2) is 35.0 Å². The smallest absolute Gasteiger partial charge is 0.0408 e. The third-order valence-electron chi connectivity index (χ3n) is 3.24. The summed E-state index contributed by atoms with van der Waals surface area (Å²) in [5.74, 6) is 0. The minimum atomic E-state index is 0.379.